The number of carbonyl (C=O) groups excluding carboxylic acids is 1. The molecule has 1 fully saturated rings. The third kappa shape index (κ3) is 4.21. The van der Waals surface area contributed by atoms with Gasteiger partial charge in [-0.25, -0.2) is 0 Å². The minimum absolute atomic E-state index is 0.196. The number of nitrogens with zero attached hydrogens (tertiary/aromatic N) is 2. The summed E-state index contributed by atoms with van der Waals surface area (Å²) in [6.07, 6.45) is 0. The predicted molar refractivity (Wildman–Crippen MR) is 98.3 cm³/mol. The van der Waals surface area contributed by atoms with Crippen LogP contribution in [0.15, 0.2) is 53.0 Å². The van der Waals surface area contributed by atoms with E-state index in [0.717, 1.165) is 36.2 Å². The first-order valence-electron chi connectivity index (χ1n) is 7.94. The van der Waals surface area contributed by atoms with Gasteiger partial charge in [0, 0.05) is 41.9 Å². The van der Waals surface area contributed by atoms with Gasteiger partial charge in [-0.05, 0) is 31.2 Å². The molecule has 3 rings (SSSR count). The minimum atomic E-state index is 0.196. The maximum Gasteiger partial charge on any atom is 0.176 e. The quantitative estimate of drug-likeness (QED) is 0.763. The lowest BCUT2D eigenvalue weighted by Crippen LogP contribution is -2.48. The molecule has 0 N–H and O–H groups in total. The summed E-state index contributed by atoms with van der Waals surface area (Å²) >= 11 is 3.40. The number of piperazine rings is 1. The molecular formula is C19H21BrN2O. The molecule has 1 heterocycles. The number of aryl methyl sites for hydroxylation is 1. The highest BCUT2D eigenvalue weighted by atomic mass is 79.9. The predicted octanol–water partition coefficient (Wildman–Crippen LogP) is 3.76. The zero-order valence-electron chi connectivity index (χ0n) is 13.3. The van der Waals surface area contributed by atoms with Crippen molar-refractivity contribution in [2.45, 2.75) is 6.92 Å². The van der Waals surface area contributed by atoms with E-state index in [2.05, 4.69) is 56.9 Å². The summed E-state index contributed by atoms with van der Waals surface area (Å²) in [7, 11) is 0. The van der Waals surface area contributed by atoms with E-state index >= 15 is 0 Å². The van der Waals surface area contributed by atoms with Gasteiger partial charge in [0.15, 0.2) is 5.78 Å². The number of ketones is 1. The number of rotatable bonds is 4. The van der Waals surface area contributed by atoms with Gasteiger partial charge in [-0.15, -0.1) is 0 Å². The van der Waals surface area contributed by atoms with Gasteiger partial charge in [-0.2, -0.15) is 0 Å². The first-order chi connectivity index (χ1) is 11.1. The number of halogens is 1. The Labute approximate surface area is 146 Å². The molecule has 0 radical (unpaired) electrons. The molecule has 1 saturated heterocycles. The third-order valence-corrected chi connectivity index (χ3v) is 4.83. The third-order valence-electron chi connectivity index (χ3n) is 4.30. The highest BCUT2D eigenvalue weighted by Gasteiger charge is 2.19. The topological polar surface area (TPSA) is 23.6 Å². The van der Waals surface area contributed by atoms with Crippen molar-refractivity contribution in [2.24, 2.45) is 0 Å². The molecule has 0 aromatic heterocycles. The molecule has 0 spiro atoms. The summed E-state index contributed by atoms with van der Waals surface area (Å²) in [6, 6.07) is 16.3. The van der Waals surface area contributed by atoms with Gasteiger partial charge in [0.05, 0.1) is 6.54 Å². The number of Topliss-reactive ketones (excluding diaryl/α,β-unsaturated/α-hetero) is 1. The lowest BCUT2D eigenvalue weighted by atomic mass is 10.1. The fourth-order valence-electron chi connectivity index (χ4n) is 2.85. The van der Waals surface area contributed by atoms with Crippen molar-refractivity contribution in [2.75, 3.05) is 37.6 Å². The zero-order chi connectivity index (χ0) is 16.2. The number of carbonyl (C=O) groups is 1. The molecule has 0 bridgehead atoms. The molecule has 3 nitrogen and oxygen atoms in total. The molecule has 1 aliphatic rings. The molecule has 0 unspecified atom stereocenters. The van der Waals surface area contributed by atoms with Crippen LogP contribution in [0.3, 0.4) is 0 Å². The van der Waals surface area contributed by atoms with E-state index in [1.165, 1.54) is 11.3 Å². The van der Waals surface area contributed by atoms with Gasteiger partial charge in [0.2, 0.25) is 0 Å². The fraction of sp³-hybridized carbons (Fsp3) is 0.316. The van der Waals surface area contributed by atoms with Gasteiger partial charge in [-0.1, -0.05) is 45.8 Å². The van der Waals surface area contributed by atoms with Gasteiger partial charge >= 0.3 is 0 Å². The Bertz CT molecular complexity index is 659. The first-order valence-corrected chi connectivity index (χ1v) is 8.74. The molecule has 23 heavy (non-hydrogen) atoms. The first kappa shape index (κ1) is 16.2. The summed E-state index contributed by atoms with van der Waals surface area (Å²) in [4.78, 5) is 17.0. The maximum absolute atomic E-state index is 12.3. The average Bonchev–Trinajstić information content (AvgIpc) is 2.57. The highest BCUT2D eigenvalue weighted by Crippen LogP contribution is 2.17. The molecule has 120 valence electrons. The Balaban J connectivity index is 1.53. The van der Waals surface area contributed by atoms with Crippen LogP contribution in [-0.2, 0) is 0 Å². The van der Waals surface area contributed by atoms with Crippen LogP contribution in [0.4, 0.5) is 5.69 Å². The Morgan fingerprint density at radius 3 is 2.17 bits per heavy atom. The van der Waals surface area contributed by atoms with Crippen molar-refractivity contribution in [1.29, 1.82) is 0 Å². The summed E-state index contributed by atoms with van der Waals surface area (Å²) in [5.74, 6) is 0.196. The van der Waals surface area contributed by atoms with Crippen LogP contribution < -0.4 is 4.90 Å². The number of benzene rings is 2. The monoisotopic (exact) mass is 372 g/mol. The average molecular weight is 373 g/mol. The van der Waals surface area contributed by atoms with E-state index in [1.807, 2.05) is 24.3 Å². The van der Waals surface area contributed by atoms with Crippen LogP contribution in [0.25, 0.3) is 0 Å². The number of anilines is 1. The van der Waals surface area contributed by atoms with Gasteiger partial charge in [-0.3, -0.25) is 9.69 Å². The zero-order valence-corrected chi connectivity index (χ0v) is 14.9. The van der Waals surface area contributed by atoms with Crippen molar-refractivity contribution < 1.29 is 4.79 Å². The van der Waals surface area contributed by atoms with Crippen LogP contribution in [0.5, 0.6) is 0 Å². The maximum atomic E-state index is 12.3. The second-order valence-electron chi connectivity index (χ2n) is 6.03. The van der Waals surface area contributed by atoms with Crippen molar-refractivity contribution in [3.63, 3.8) is 0 Å². The summed E-state index contributed by atoms with van der Waals surface area (Å²) in [5, 5.41) is 0. The Morgan fingerprint density at radius 2 is 1.57 bits per heavy atom. The smallest absolute Gasteiger partial charge is 0.176 e. The van der Waals surface area contributed by atoms with E-state index in [4.69, 9.17) is 0 Å². The van der Waals surface area contributed by atoms with Crippen LogP contribution in [-0.4, -0.2) is 43.4 Å². The molecule has 0 aliphatic carbocycles. The molecule has 0 atom stereocenters. The van der Waals surface area contributed by atoms with E-state index in [-0.39, 0.29) is 5.78 Å². The van der Waals surface area contributed by atoms with E-state index in [9.17, 15) is 4.79 Å². The second-order valence-corrected chi connectivity index (χ2v) is 6.94. The largest absolute Gasteiger partial charge is 0.369 e. The van der Waals surface area contributed by atoms with E-state index < -0.39 is 0 Å². The molecule has 1 aliphatic heterocycles. The molecular weight excluding hydrogens is 352 g/mol. The summed E-state index contributed by atoms with van der Waals surface area (Å²) < 4.78 is 1.00. The molecule has 2 aromatic carbocycles. The Hall–Kier alpha value is -1.65. The van der Waals surface area contributed by atoms with Crippen molar-refractivity contribution >= 4 is 27.4 Å². The lowest BCUT2D eigenvalue weighted by Gasteiger charge is -2.35. The SMILES string of the molecule is Cc1ccc(N2CCN(CC(=O)c3ccc(Br)cc3)CC2)cc1. The van der Waals surface area contributed by atoms with Gasteiger partial charge < -0.3 is 4.90 Å². The molecule has 0 saturated carbocycles. The van der Waals surface area contributed by atoms with Crippen molar-refractivity contribution in [3.8, 4) is 0 Å². The number of hydrogen-bond donors (Lipinski definition) is 0. The fourth-order valence-corrected chi connectivity index (χ4v) is 3.11. The van der Waals surface area contributed by atoms with Gasteiger partial charge in [0.25, 0.3) is 0 Å². The standard InChI is InChI=1S/C19H21BrN2O/c1-15-2-8-18(9-3-15)22-12-10-21(11-13-22)14-19(23)16-4-6-17(20)7-5-16/h2-9H,10-14H2,1H3. The van der Waals surface area contributed by atoms with Crippen molar-refractivity contribution in [1.82, 2.24) is 4.90 Å². The van der Waals surface area contributed by atoms with Crippen LogP contribution >= 0.6 is 15.9 Å². The highest BCUT2D eigenvalue weighted by molar-refractivity contribution is 9.10. The van der Waals surface area contributed by atoms with Crippen LogP contribution in [0, 0.1) is 6.92 Å². The minimum Gasteiger partial charge on any atom is -0.369 e. The summed E-state index contributed by atoms with van der Waals surface area (Å²) in [6.45, 7) is 6.40. The molecule has 2 aromatic rings. The summed E-state index contributed by atoms with van der Waals surface area (Å²) in [5.41, 5.74) is 3.34. The van der Waals surface area contributed by atoms with Crippen LogP contribution in [0.1, 0.15) is 15.9 Å². The van der Waals surface area contributed by atoms with Gasteiger partial charge in [0.1, 0.15) is 0 Å². The van der Waals surface area contributed by atoms with Crippen molar-refractivity contribution in [3.05, 3.63) is 64.1 Å². The van der Waals surface area contributed by atoms with E-state index in [0.29, 0.717) is 6.54 Å². The Kier molecular flexibility index (Phi) is 5.13. The second kappa shape index (κ2) is 7.28. The van der Waals surface area contributed by atoms with Crippen LogP contribution in [0.2, 0.25) is 0 Å². The molecule has 4 heteroatoms. The molecule has 0 amide bonds. The Morgan fingerprint density at radius 1 is 0.957 bits per heavy atom. The number of hydrogen-bond acceptors (Lipinski definition) is 3. The lowest BCUT2D eigenvalue weighted by molar-refractivity contribution is 0.0926. The van der Waals surface area contributed by atoms with E-state index in [1.54, 1.807) is 0 Å². The normalized spacial score (nSPS) is 15.7.